The minimum Gasteiger partial charge on any atom is -1.00 e. The second-order valence-electron chi connectivity index (χ2n) is 2.19. The number of ether oxygens (including phenoxy) is 1. The van der Waals surface area contributed by atoms with Crippen LogP contribution in [0.2, 0.25) is 0 Å². The van der Waals surface area contributed by atoms with Gasteiger partial charge in [0.05, 0.1) is 12.9 Å². The number of halogens is 1. The summed E-state index contributed by atoms with van der Waals surface area (Å²) in [6.45, 7) is 3.27. The lowest BCUT2D eigenvalue weighted by Crippen LogP contribution is -3.00. The molecule has 1 aliphatic rings. The average Bonchev–Trinajstić information content (AvgIpc) is 2.50. The van der Waals surface area contributed by atoms with E-state index in [2.05, 4.69) is 13.2 Å². The van der Waals surface area contributed by atoms with Gasteiger partial charge in [-0.2, -0.15) is 0 Å². The number of epoxide rings is 1. The smallest absolute Gasteiger partial charge is 0.136 e. The van der Waals surface area contributed by atoms with Crippen molar-refractivity contribution in [1.82, 2.24) is 0 Å². The van der Waals surface area contributed by atoms with E-state index in [1.54, 1.807) is 0 Å². The molecule has 1 nitrogen and oxygen atoms in total. The van der Waals surface area contributed by atoms with Crippen LogP contribution >= 0.6 is 0 Å². The lowest BCUT2D eigenvalue weighted by Gasteiger charge is -1.93. The minimum absolute atomic E-state index is 0. The molecule has 0 radical (unpaired) electrons. The van der Waals surface area contributed by atoms with E-state index in [4.69, 9.17) is 4.74 Å². The summed E-state index contributed by atoms with van der Waals surface area (Å²) in [6.07, 6.45) is 2.95. The zero-order valence-corrected chi connectivity index (χ0v) is 8.87. The molecule has 0 aromatic carbocycles. The maximum Gasteiger partial charge on any atom is 0.136 e. The third kappa shape index (κ3) is 4.44. The molecule has 0 aliphatic carbocycles. The summed E-state index contributed by atoms with van der Waals surface area (Å²) in [6, 6.07) is 0. The largest absolute Gasteiger partial charge is 1.00 e. The van der Waals surface area contributed by atoms with Crippen LogP contribution in [0.1, 0.15) is 6.92 Å². The van der Waals surface area contributed by atoms with Crippen molar-refractivity contribution < 1.29 is 28.7 Å². The normalized spacial score (nSPS) is 26.7. The second kappa shape index (κ2) is 4.79. The van der Waals surface area contributed by atoms with E-state index in [-0.39, 0.29) is 24.0 Å². The first-order valence-electron chi connectivity index (χ1n) is 3.03. The van der Waals surface area contributed by atoms with Crippen LogP contribution in [-0.4, -0.2) is 30.5 Å². The first kappa shape index (κ1) is 10.0. The molecule has 0 amide bonds. The number of hydrogen-bond acceptors (Lipinski definition) is 1. The monoisotopic (exact) mass is 260 g/mol. The van der Waals surface area contributed by atoms with Crippen molar-refractivity contribution in [2.45, 2.75) is 13.0 Å². The molecule has 2 unspecified atom stereocenters. The molecular formula is C6H13IOS. The molecule has 1 rings (SSSR count). The van der Waals surface area contributed by atoms with Gasteiger partial charge in [-0.3, -0.25) is 0 Å². The Morgan fingerprint density at radius 3 is 2.56 bits per heavy atom. The van der Waals surface area contributed by atoms with Crippen LogP contribution in [0.4, 0.5) is 0 Å². The maximum absolute atomic E-state index is 5.09. The van der Waals surface area contributed by atoms with Crippen LogP contribution in [-0.2, 0) is 15.6 Å². The van der Waals surface area contributed by atoms with E-state index in [1.165, 1.54) is 11.5 Å². The summed E-state index contributed by atoms with van der Waals surface area (Å²) < 4.78 is 5.09. The summed E-state index contributed by atoms with van der Waals surface area (Å²) in [5.41, 5.74) is 0. The highest BCUT2D eigenvalue weighted by molar-refractivity contribution is 7.96. The predicted octanol–water partition coefficient (Wildman–Crippen LogP) is -2.34. The quantitative estimate of drug-likeness (QED) is 0.315. The summed E-state index contributed by atoms with van der Waals surface area (Å²) in [5.74, 6) is 2.62. The highest BCUT2D eigenvalue weighted by Crippen LogP contribution is 2.11. The third-order valence-corrected chi connectivity index (χ3v) is 3.29. The molecule has 0 spiro atoms. The van der Waals surface area contributed by atoms with Gasteiger partial charge in [0, 0.05) is 0 Å². The topological polar surface area (TPSA) is 12.5 Å². The van der Waals surface area contributed by atoms with E-state index >= 15 is 0 Å². The Morgan fingerprint density at radius 1 is 1.67 bits per heavy atom. The van der Waals surface area contributed by atoms with E-state index < -0.39 is 0 Å². The van der Waals surface area contributed by atoms with Crippen LogP contribution in [0.15, 0.2) is 0 Å². The summed E-state index contributed by atoms with van der Waals surface area (Å²) >= 11 is 0. The average molecular weight is 260 g/mol. The third-order valence-electron chi connectivity index (χ3n) is 1.37. The Bertz CT molecular complexity index is 75.5. The Balaban J connectivity index is 0.000000640. The van der Waals surface area contributed by atoms with Crippen LogP contribution in [0.3, 0.4) is 0 Å². The van der Waals surface area contributed by atoms with Crippen molar-refractivity contribution in [3.05, 3.63) is 0 Å². The highest BCUT2D eigenvalue weighted by Gasteiger charge is 2.28. The zero-order chi connectivity index (χ0) is 5.98. The lowest BCUT2D eigenvalue weighted by molar-refractivity contribution is -0.00000226. The Morgan fingerprint density at radius 2 is 2.22 bits per heavy atom. The van der Waals surface area contributed by atoms with Crippen LogP contribution in [0, 0.1) is 0 Å². The summed E-state index contributed by atoms with van der Waals surface area (Å²) in [7, 11) is 0.630. The fraction of sp³-hybridized carbons (Fsp3) is 1.00. The molecule has 3 heteroatoms. The fourth-order valence-corrected chi connectivity index (χ4v) is 1.66. The molecule has 9 heavy (non-hydrogen) atoms. The van der Waals surface area contributed by atoms with Crippen LogP contribution in [0.5, 0.6) is 0 Å². The van der Waals surface area contributed by atoms with Gasteiger partial charge in [0.25, 0.3) is 0 Å². The molecule has 1 fully saturated rings. The van der Waals surface area contributed by atoms with E-state index in [0.29, 0.717) is 17.0 Å². The van der Waals surface area contributed by atoms with Gasteiger partial charge in [0.1, 0.15) is 17.6 Å². The first-order valence-corrected chi connectivity index (χ1v) is 5.00. The predicted molar refractivity (Wildman–Crippen MR) is 38.4 cm³/mol. The van der Waals surface area contributed by atoms with Crippen molar-refractivity contribution in [2.75, 3.05) is 24.4 Å². The van der Waals surface area contributed by atoms with E-state index in [9.17, 15) is 0 Å². The Labute approximate surface area is 76.9 Å². The van der Waals surface area contributed by atoms with Crippen molar-refractivity contribution in [3.63, 3.8) is 0 Å². The molecule has 56 valence electrons. The fourth-order valence-electron chi connectivity index (χ4n) is 0.599. The molecule has 0 N–H and O–H groups in total. The molecule has 1 aliphatic heterocycles. The van der Waals surface area contributed by atoms with Crippen molar-refractivity contribution >= 4 is 10.9 Å². The van der Waals surface area contributed by atoms with Gasteiger partial charge in [0.2, 0.25) is 0 Å². The minimum atomic E-state index is 0. The summed E-state index contributed by atoms with van der Waals surface area (Å²) in [5, 5.41) is 0. The first-order chi connectivity index (χ1) is 3.83. The molecule has 0 aromatic heterocycles. The van der Waals surface area contributed by atoms with Gasteiger partial charge in [0.15, 0.2) is 0 Å². The molecule has 0 saturated carbocycles. The summed E-state index contributed by atoms with van der Waals surface area (Å²) in [4.78, 5) is 0. The SMILES string of the molecule is CC[S+](C)CC1CO1.[I-]. The van der Waals surface area contributed by atoms with Gasteiger partial charge < -0.3 is 28.7 Å². The molecule has 2 atom stereocenters. The number of rotatable bonds is 3. The molecule has 1 heterocycles. The Kier molecular flexibility index (Phi) is 5.35. The molecule has 1 saturated heterocycles. The van der Waals surface area contributed by atoms with Gasteiger partial charge in [-0.25, -0.2) is 0 Å². The molecular weight excluding hydrogens is 247 g/mol. The van der Waals surface area contributed by atoms with Gasteiger partial charge in [-0.15, -0.1) is 0 Å². The van der Waals surface area contributed by atoms with E-state index in [1.807, 2.05) is 0 Å². The zero-order valence-electron chi connectivity index (χ0n) is 5.89. The van der Waals surface area contributed by atoms with Crippen molar-refractivity contribution in [1.29, 1.82) is 0 Å². The van der Waals surface area contributed by atoms with Crippen LogP contribution in [0.25, 0.3) is 0 Å². The second-order valence-corrected chi connectivity index (χ2v) is 4.67. The molecule has 0 bridgehead atoms. The van der Waals surface area contributed by atoms with Crippen molar-refractivity contribution in [2.24, 2.45) is 0 Å². The van der Waals surface area contributed by atoms with Gasteiger partial charge in [-0.05, 0) is 17.8 Å². The van der Waals surface area contributed by atoms with Crippen LogP contribution < -0.4 is 24.0 Å². The Hall–Kier alpha value is 1.04. The standard InChI is InChI=1S/C6H13OS.HI/c1-3-8(2)5-6-4-7-6;/h6H,3-5H2,1-2H3;1H/q+1;/p-1. The van der Waals surface area contributed by atoms with E-state index in [0.717, 1.165) is 6.61 Å². The highest BCUT2D eigenvalue weighted by atomic mass is 127. The van der Waals surface area contributed by atoms with Gasteiger partial charge >= 0.3 is 0 Å². The van der Waals surface area contributed by atoms with Crippen molar-refractivity contribution in [3.8, 4) is 0 Å². The van der Waals surface area contributed by atoms with Gasteiger partial charge in [-0.1, -0.05) is 0 Å². The number of hydrogen-bond donors (Lipinski definition) is 0. The maximum atomic E-state index is 5.09. The lowest BCUT2D eigenvalue weighted by atomic mass is 10.6. The molecule has 0 aromatic rings.